The van der Waals surface area contributed by atoms with Crippen LogP contribution in [0.3, 0.4) is 0 Å². The number of aromatic hydroxyl groups is 1. The molecular weight excluding hydrogens is 316 g/mol. The number of nitrogens with zero attached hydrogens (tertiary/aromatic N) is 1. The van der Waals surface area contributed by atoms with Crippen LogP contribution in [-0.4, -0.2) is 15.6 Å². The topological polar surface area (TPSA) is 71.3 Å². The third kappa shape index (κ3) is 2.39. The fraction of sp³-hybridized carbons (Fsp3) is 0.200. The molecule has 1 amide bonds. The van der Waals surface area contributed by atoms with E-state index in [4.69, 9.17) is 0 Å². The lowest BCUT2D eigenvalue weighted by Crippen LogP contribution is -2.34. The minimum Gasteiger partial charge on any atom is -0.506 e. The Morgan fingerprint density at radius 2 is 1.92 bits per heavy atom. The van der Waals surface area contributed by atoms with Crippen molar-refractivity contribution in [2.75, 3.05) is 0 Å². The van der Waals surface area contributed by atoms with E-state index in [0.717, 1.165) is 23.1 Å². The van der Waals surface area contributed by atoms with Gasteiger partial charge in [-0.2, -0.15) is 0 Å². The SMILES string of the molecule is CC(NC(=O)c1c(O)c2cccc3c2n(c1=O)CC3)c1ccccc1. The molecule has 0 aliphatic carbocycles. The van der Waals surface area contributed by atoms with Crippen LogP contribution in [-0.2, 0) is 13.0 Å². The Morgan fingerprint density at radius 3 is 2.68 bits per heavy atom. The molecule has 5 nitrogen and oxygen atoms in total. The first-order valence-electron chi connectivity index (χ1n) is 8.31. The van der Waals surface area contributed by atoms with E-state index in [1.165, 1.54) is 0 Å². The van der Waals surface area contributed by atoms with Gasteiger partial charge >= 0.3 is 0 Å². The number of benzene rings is 2. The van der Waals surface area contributed by atoms with Crippen LogP contribution in [0.25, 0.3) is 10.9 Å². The number of nitrogens with one attached hydrogen (secondary N) is 1. The van der Waals surface area contributed by atoms with Crippen molar-refractivity contribution in [3.8, 4) is 5.75 Å². The molecule has 0 saturated carbocycles. The number of hydrogen-bond acceptors (Lipinski definition) is 3. The molecule has 2 aromatic carbocycles. The second-order valence-electron chi connectivity index (χ2n) is 6.35. The fourth-order valence-corrected chi connectivity index (χ4v) is 3.52. The maximum atomic E-state index is 12.8. The Balaban J connectivity index is 1.78. The molecular formula is C20H18N2O3. The summed E-state index contributed by atoms with van der Waals surface area (Å²) >= 11 is 0. The van der Waals surface area contributed by atoms with Gasteiger partial charge in [0.15, 0.2) is 0 Å². The van der Waals surface area contributed by atoms with Gasteiger partial charge in [-0.3, -0.25) is 9.59 Å². The fourth-order valence-electron chi connectivity index (χ4n) is 3.52. The number of rotatable bonds is 3. The average molecular weight is 334 g/mol. The molecule has 0 spiro atoms. The summed E-state index contributed by atoms with van der Waals surface area (Å²) < 4.78 is 1.59. The highest BCUT2D eigenvalue weighted by Gasteiger charge is 2.26. The van der Waals surface area contributed by atoms with Crippen molar-refractivity contribution in [3.05, 3.63) is 75.6 Å². The lowest BCUT2D eigenvalue weighted by molar-refractivity contribution is 0.0935. The first kappa shape index (κ1) is 15.4. The predicted octanol–water partition coefficient (Wildman–Crippen LogP) is 2.75. The van der Waals surface area contributed by atoms with Gasteiger partial charge in [-0.15, -0.1) is 0 Å². The third-order valence-corrected chi connectivity index (χ3v) is 4.82. The number of carbonyl (C=O) groups excluding carboxylic acids is 1. The van der Waals surface area contributed by atoms with E-state index in [1.807, 2.05) is 49.4 Å². The maximum Gasteiger partial charge on any atom is 0.267 e. The van der Waals surface area contributed by atoms with Gasteiger partial charge in [0.2, 0.25) is 0 Å². The van der Waals surface area contributed by atoms with Gasteiger partial charge in [0.25, 0.3) is 11.5 Å². The number of hydrogen-bond donors (Lipinski definition) is 2. The summed E-state index contributed by atoms with van der Waals surface area (Å²) in [6.45, 7) is 2.38. The quantitative estimate of drug-likeness (QED) is 0.774. The molecule has 0 saturated heterocycles. The van der Waals surface area contributed by atoms with E-state index >= 15 is 0 Å². The molecule has 2 heterocycles. The molecule has 1 atom stereocenters. The zero-order chi connectivity index (χ0) is 17.6. The van der Waals surface area contributed by atoms with Crippen molar-refractivity contribution in [1.82, 2.24) is 9.88 Å². The number of aromatic nitrogens is 1. The molecule has 1 aromatic heterocycles. The van der Waals surface area contributed by atoms with Crippen molar-refractivity contribution in [1.29, 1.82) is 0 Å². The van der Waals surface area contributed by atoms with Gasteiger partial charge in [-0.1, -0.05) is 42.5 Å². The number of carbonyl (C=O) groups is 1. The highest BCUT2D eigenvalue weighted by Crippen LogP contribution is 2.32. The van der Waals surface area contributed by atoms with E-state index in [9.17, 15) is 14.7 Å². The molecule has 1 aliphatic rings. The second kappa shape index (κ2) is 5.77. The van der Waals surface area contributed by atoms with Crippen LogP contribution in [0.4, 0.5) is 0 Å². The number of para-hydroxylation sites is 1. The van der Waals surface area contributed by atoms with Crippen LogP contribution in [0.1, 0.15) is 34.5 Å². The normalized spacial score (nSPS) is 13.8. The number of aryl methyl sites for hydroxylation is 2. The summed E-state index contributed by atoms with van der Waals surface area (Å²) in [7, 11) is 0. The molecule has 4 rings (SSSR count). The minimum absolute atomic E-state index is 0.186. The second-order valence-corrected chi connectivity index (χ2v) is 6.35. The lowest BCUT2D eigenvalue weighted by Gasteiger charge is -2.16. The van der Waals surface area contributed by atoms with Gasteiger partial charge in [0.1, 0.15) is 11.3 Å². The number of pyridine rings is 1. The zero-order valence-electron chi connectivity index (χ0n) is 13.8. The van der Waals surface area contributed by atoms with E-state index in [0.29, 0.717) is 11.9 Å². The van der Waals surface area contributed by atoms with Gasteiger partial charge < -0.3 is 15.0 Å². The first-order valence-corrected chi connectivity index (χ1v) is 8.31. The Labute approximate surface area is 144 Å². The Morgan fingerprint density at radius 1 is 1.16 bits per heavy atom. The Hall–Kier alpha value is -3.08. The molecule has 25 heavy (non-hydrogen) atoms. The highest BCUT2D eigenvalue weighted by molar-refractivity contribution is 6.03. The third-order valence-electron chi connectivity index (χ3n) is 4.82. The van der Waals surface area contributed by atoms with Gasteiger partial charge in [0, 0.05) is 11.9 Å². The molecule has 0 fully saturated rings. The van der Waals surface area contributed by atoms with Gasteiger partial charge in [0.05, 0.1) is 11.6 Å². The molecule has 0 bridgehead atoms. The molecule has 0 radical (unpaired) electrons. The van der Waals surface area contributed by atoms with Crippen LogP contribution >= 0.6 is 0 Å². The van der Waals surface area contributed by atoms with Crippen molar-refractivity contribution in [2.45, 2.75) is 25.9 Å². The van der Waals surface area contributed by atoms with Gasteiger partial charge in [-0.25, -0.2) is 0 Å². The van der Waals surface area contributed by atoms with E-state index in [2.05, 4.69) is 5.32 Å². The molecule has 3 aromatic rings. The smallest absolute Gasteiger partial charge is 0.267 e. The van der Waals surface area contributed by atoms with Crippen molar-refractivity contribution < 1.29 is 9.90 Å². The van der Waals surface area contributed by atoms with Crippen LogP contribution in [0.15, 0.2) is 53.3 Å². The predicted molar refractivity (Wildman–Crippen MR) is 95.9 cm³/mol. The van der Waals surface area contributed by atoms with Crippen molar-refractivity contribution in [3.63, 3.8) is 0 Å². The Bertz CT molecular complexity index is 1040. The van der Waals surface area contributed by atoms with E-state index in [1.54, 1.807) is 10.6 Å². The van der Waals surface area contributed by atoms with Crippen LogP contribution in [0, 0.1) is 0 Å². The van der Waals surface area contributed by atoms with Crippen LogP contribution in [0.2, 0.25) is 0 Å². The first-order chi connectivity index (χ1) is 12.1. The summed E-state index contributed by atoms with van der Waals surface area (Å²) in [5.41, 5.74) is 2.07. The standard InChI is InChI=1S/C20H18N2O3/c1-12(13-6-3-2-4-7-13)21-19(24)16-18(23)15-9-5-8-14-10-11-22(17(14)15)20(16)25/h2-9,12,23H,10-11H2,1H3,(H,21,24). The maximum absolute atomic E-state index is 12.8. The largest absolute Gasteiger partial charge is 0.506 e. The summed E-state index contributed by atoms with van der Waals surface area (Å²) in [5.74, 6) is -0.792. The molecule has 126 valence electrons. The van der Waals surface area contributed by atoms with Crippen molar-refractivity contribution in [2.24, 2.45) is 0 Å². The summed E-state index contributed by atoms with van der Waals surface area (Å²) in [4.78, 5) is 25.5. The Kier molecular flexibility index (Phi) is 3.57. The van der Waals surface area contributed by atoms with E-state index < -0.39 is 11.5 Å². The van der Waals surface area contributed by atoms with Crippen molar-refractivity contribution >= 4 is 16.8 Å². The summed E-state index contributed by atoms with van der Waals surface area (Å²) in [6, 6.07) is 14.8. The molecule has 1 aliphatic heterocycles. The van der Waals surface area contributed by atoms with Crippen LogP contribution < -0.4 is 10.9 Å². The molecule has 1 unspecified atom stereocenters. The van der Waals surface area contributed by atoms with Crippen LogP contribution in [0.5, 0.6) is 5.75 Å². The highest BCUT2D eigenvalue weighted by atomic mass is 16.3. The zero-order valence-corrected chi connectivity index (χ0v) is 13.8. The summed E-state index contributed by atoms with van der Waals surface area (Å²) in [5, 5.41) is 13.9. The number of amides is 1. The molecule has 5 heteroatoms. The van der Waals surface area contributed by atoms with Gasteiger partial charge in [-0.05, 0) is 30.5 Å². The summed E-state index contributed by atoms with van der Waals surface area (Å²) in [6.07, 6.45) is 0.734. The monoisotopic (exact) mass is 334 g/mol. The minimum atomic E-state index is -0.554. The molecule has 2 N–H and O–H groups in total. The average Bonchev–Trinajstić information content (AvgIpc) is 3.06. The lowest BCUT2D eigenvalue weighted by atomic mass is 10.1. The van der Waals surface area contributed by atoms with E-state index in [-0.39, 0.29) is 17.4 Å².